The fourth-order valence-corrected chi connectivity index (χ4v) is 5.12. The molecule has 3 aliphatic rings. The minimum atomic E-state index is 0.855. The van der Waals surface area contributed by atoms with Gasteiger partial charge in [0.1, 0.15) is 0 Å². The van der Waals surface area contributed by atoms with Crippen LogP contribution < -0.4 is 0 Å². The first-order chi connectivity index (χ1) is 9.61. The van der Waals surface area contributed by atoms with E-state index in [4.69, 9.17) is 0 Å². The Bertz CT molecular complexity index is 389. The third-order valence-electron chi connectivity index (χ3n) is 6.21. The van der Waals surface area contributed by atoms with Gasteiger partial charge in [0.2, 0.25) is 0 Å². The lowest BCUT2D eigenvalue weighted by Crippen LogP contribution is -2.10. The fraction of sp³-hybridized carbons (Fsp3) is 0.800. The molecule has 112 valence electrons. The first kappa shape index (κ1) is 14.4. The van der Waals surface area contributed by atoms with Crippen molar-refractivity contribution in [1.29, 1.82) is 0 Å². The zero-order chi connectivity index (χ0) is 14.1. The van der Waals surface area contributed by atoms with Gasteiger partial charge in [-0.1, -0.05) is 37.6 Å². The Kier molecular flexibility index (Phi) is 4.38. The van der Waals surface area contributed by atoms with E-state index in [2.05, 4.69) is 26.5 Å². The van der Waals surface area contributed by atoms with Gasteiger partial charge in [-0.3, -0.25) is 0 Å². The van der Waals surface area contributed by atoms with Crippen LogP contribution in [0.25, 0.3) is 0 Å². The minimum Gasteiger partial charge on any atom is -0.0996 e. The van der Waals surface area contributed by atoms with Crippen molar-refractivity contribution in [3.63, 3.8) is 0 Å². The summed E-state index contributed by atoms with van der Waals surface area (Å²) in [6.45, 7) is 9.17. The molecule has 3 aliphatic carbocycles. The molecule has 2 saturated carbocycles. The Morgan fingerprint density at radius 1 is 1.05 bits per heavy atom. The van der Waals surface area contributed by atoms with E-state index in [1.54, 1.807) is 5.57 Å². The minimum absolute atomic E-state index is 0.855. The molecule has 0 N–H and O–H groups in total. The summed E-state index contributed by atoms with van der Waals surface area (Å²) >= 11 is 0. The lowest BCUT2D eigenvalue weighted by atomic mass is 9.82. The number of allylic oxidation sites excluding steroid dienone is 3. The van der Waals surface area contributed by atoms with Gasteiger partial charge in [0.25, 0.3) is 0 Å². The molecule has 0 aromatic carbocycles. The van der Waals surface area contributed by atoms with E-state index in [9.17, 15) is 0 Å². The summed E-state index contributed by atoms with van der Waals surface area (Å²) in [5.74, 6) is 4.61. The van der Waals surface area contributed by atoms with Gasteiger partial charge in [0.15, 0.2) is 0 Å². The molecule has 5 atom stereocenters. The van der Waals surface area contributed by atoms with Gasteiger partial charge in [-0.2, -0.15) is 0 Å². The third-order valence-corrected chi connectivity index (χ3v) is 6.21. The molecule has 0 nitrogen and oxygen atoms in total. The second kappa shape index (κ2) is 6.08. The van der Waals surface area contributed by atoms with E-state index in [0.717, 1.165) is 29.6 Å². The van der Waals surface area contributed by atoms with Crippen molar-refractivity contribution in [2.45, 2.75) is 71.6 Å². The topological polar surface area (TPSA) is 0 Å². The van der Waals surface area contributed by atoms with Gasteiger partial charge in [-0.25, -0.2) is 0 Å². The molecule has 0 saturated heterocycles. The average molecular weight is 272 g/mol. The molecule has 0 spiro atoms. The highest BCUT2D eigenvalue weighted by molar-refractivity contribution is 5.13. The second-order valence-electron chi connectivity index (χ2n) is 8.18. The maximum Gasteiger partial charge on any atom is -0.0200 e. The lowest BCUT2D eigenvalue weighted by molar-refractivity contribution is 0.389. The molecule has 0 radical (unpaired) electrons. The van der Waals surface area contributed by atoms with Crippen molar-refractivity contribution in [2.24, 2.45) is 29.6 Å². The summed E-state index contributed by atoms with van der Waals surface area (Å²) in [6, 6.07) is 0. The molecule has 2 fully saturated rings. The van der Waals surface area contributed by atoms with Crippen LogP contribution in [0.4, 0.5) is 0 Å². The van der Waals surface area contributed by atoms with E-state index >= 15 is 0 Å². The van der Waals surface area contributed by atoms with Crippen LogP contribution in [-0.4, -0.2) is 0 Å². The molecule has 0 amide bonds. The molecular formula is C20H32. The SMILES string of the molecule is C=C1C[C@@H](C)CC1CC1CCC(C2=CCCC(C)C2)C1. The highest BCUT2D eigenvalue weighted by Gasteiger charge is 2.33. The van der Waals surface area contributed by atoms with Gasteiger partial charge < -0.3 is 0 Å². The largest absolute Gasteiger partial charge is 0.0996 e. The molecule has 0 heterocycles. The molecule has 3 rings (SSSR count). The highest BCUT2D eigenvalue weighted by Crippen LogP contribution is 2.46. The maximum absolute atomic E-state index is 4.34. The Morgan fingerprint density at radius 3 is 2.60 bits per heavy atom. The summed E-state index contributed by atoms with van der Waals surface area (Å²) in [7, 11) is 0. The number of rotatable bonds is 3. The second-order valence-corrected chi connectivity index (χ2v) is 8.18. The van der Waals surface area contributed by atoms with Crippen LogP contribution in [-0.2, 0) is 0 Å². The quantitative estimate of drug-likeness (QED) is 0.541. The van der Waals surface area contributed by atoms with Crippen LogP contribution in [0.1, 0.15) is 71.6 Å². The summed E-state index contributed by atoms with van der Waals surface area (Å²) in [5, 5.41) is 0. The highest BCUT2D eigenvalue weighted by atomic mass is 14.4. The van der Waals surface area contributed by atoms with E-state index in [1.165, 1.54) is 57.8 Å². The van der Waals surface area contributed by atoms with Crippen molar-refractivity contribution in [3.8, 4) is 0 Å². The Morgan fingerprint density at radius 2 is 1.90 bits per heavy atom. The van der Waals surface area contributed by atoms with Crippen molar-refractivity contribution < 1.29 is 0 Å². The molecule has 0 aliphatic heterocycles. The fourth-order valence-electron chi connectivity index (χ4n) is 5.12. The van der Waals surface area contributed by atoms with Crippen LogP contribution in [0.5, 0.6) is 0 Å². The van der Waals surface area contributed by atoms with Crippen LogP contribution in [0.2, 0.25) is 0 Å². The summed E-state index contributed by atoms with van der Waals surface area (Å²) in [6.07, 6.45) is 15.3. The summed E-state index contributed by atoms with van der Waals surface area (Å²) < 4.78 is 0. The van der Waals surface area contributed by atoms with E-state index < -0.39 is 0 Å². The standard InChI is InChI=1S/C20H32/c1-14-5-4-6-18(10-14)19-8-7-17(12-19)13-20-11-15(2)9-16(20)3/h6,14-15,17,19-20H,3-5,7-13H2,1-2H3/t14?,15-,17?,19?,20?/m1/s1. The van der Waals surface area contributed by atoms with Crippen LogP contribution in [0.15, 0.2) is 23.8 Å². The maximum atomic E-state index is 4.34. The first-order valence-corrected chi connectivity index (χ1v) is 8.98. The Hall–Kier alpha value is -0.520. The molecule has 0 aromatic rings. The van der Waals surface area contributed by atoms with Crippen LogP contribution >= 0.6 is 0 Å². The van der Waals surface area contributed by atoms with Gasteiger partial charge in [0, 0.05) is 0 Å². The summed E-state index contributed by atoms with van der Waals surface area (Å²) in [4.78, 5) is 0. The van der Waals surface area contributed by atoms with E-state index in [-0.39, 0.29) is 0 Å². The van der Waals surface area contributed by atoms with Crippen molar-refractivity contribution in [1.82, 2.24) is 0 Å². The molecule has 0 aromatic heterocycles. The number of hydrogen-bond acceptors (Lipinski definition) is 0. The van der Waals surface area contributed by atoms with Crippen molar-refractivity contribution in [3.05, 3.63) is 23.8 Å². The first-order valence-electron chi connectivity index (χ1n) is 8.98. The van der Waals surface area contributed by atoms with Gasteiger partial charge in [-0.05, 0) is 87.4 Å². The monoisotopic (exact) mass is 272 g/mol. The smallest absolute Gasteiger partial charge is 0.0200 e. The normalized spacial score (nSPS) is 42.0. The predicted octanol–water partition coefficient (Wildman–Crippen LogP) is 6.14. The van der Waals surface area contributed by atoms with Gasteiger partial charge >= 0.3 is 0 Å². The Labute approximate surface area is 125 Å². The van der Waals surface area contributed by atoms with Crippen LogP contribution in [0, 0.1) is 29.6 Å². The third kappa shape index (κ3) is 3.21. The molecule has 0 bridgehead atoms. The molecule has 0 heteroatoms. The molecule has 4 unspecified atom stereocenters. The van der Waals surface area contributed by atoms with Crippen molar-refractivity contribution >= 4 is 0 Å². The van der Waals surface area contributed by atoms with Gasteiger partial charge in [-0.15, -0.1) is 0 Å². The van der Waals surface area contributed by atoms with Crippen LogP contribution in [0.3, 0.4) is 0 Å². The molecular weight excluding hydrogens is 240 g/mol. The zero-order valence-corrected chi connectivity index (χ0v) is 13.5. The summed E-state index contributed by atoms with van der Waals surface area (Å²) in [5.41, 5.74) is 3.39. The van der Waals surface area contributed by atoms with Gasteiger partial charge in [0.05, 0.1) is 0 Å². The predicted molar refractivity (Wildman–Crippen MR) is 87.6 cm³/mol. The Balaban J connectivity index is 1.52. The zero-order valence-electron chi connectivity index (χ0n) is 13.5. The molecule has 20 heavy (non-hydrogen) atoms. The van der Waals surface area contributed by atoms with Crippen molar-refractivity contribution in [2.75, 3.05) is 0 Å². The lowest BCUT2D eigenvalue weighted by Gasteiger charge is -2.24. The average Bonchev–Trinajstić information content (AvgIpc) is 2.97. The van der Waals surface area contributed by atoms with E-state index in [1.807, 2.05) is 5.57 Å². The van der Waals surface area contributed by atoms with E-state index in [0.29, 0.717) is 0 Å². The number of hydrogen-bond donors (Lipinski definition) is 0.